The van der Waals surface area contributed by atoms with Crippen LogP contribution in [-0.2, 0) is 19.0 Å². The maximum atomic E-state index is 11.1. The Morgan fingerprint density at radius 2 is 2.42 bits per heavy atom. The van der Waals surface area contributed by atoms with Crippen molar-refractivity contribution in [3.63, 3.8) is 0 Å². The van der Waals surface area contributed by atoms with Crippen molar-refractivity contribution >= 4 is 10.1 Å². The normalized spacial score (nSPS) is 24.8. The molecule has 1 atom stereocenters. The second-order valence-electron chi connectivity index (χ2n) is 2.26. The fourth-order valence-corrected chi connectivity index (χ4v) is 1.78. The van der Waals surface area contributed by atoms with E-state index in [0.717, 1.165) is 6.26 Å². The third-order valence-electron chi connectivity index (χ3n) is 1.42. The zero-order chi connectivity index (χ0) is 9.03. The minimum Gasteiger partial charge on any atom is -0.389 e. The van der Waals surface area contributed by atoms with Crippen LogP contribution in [0, 0.1) is 0 Å². The molecule has 0 aliphatic carbocycles. The molecule has 0 saturated carbocycles. The van der Waals surface area contributed by atoms with E-state index >= 15 is 0 Å². The summed E-state index contributed by atoms with van der Waals surface area (Å²) >= 11 is 0. The van der Waals surface area contributed by atoms with E-state index < -0.39 is 15.6 Å². The van der Waals surface area contributed by atoms with Crippen LogP contribution < -0.4 is 5.32 Å². The number of rotatable bonds is 3. The summed E-state index contributed by atoms with van der Waals surface area (Å²) in [6, 6.07) is 0. The topological polar surface area (TPSA) is 64.6 Å². The molecule has 1 unspecified atom stereocenters. The molecule has 5 nitrogen and oxygen atoms in total. The minimum atomic E-state index is -3.64. The molecule has 0 aromatic carbocycles. The molecule has 0 radical (unpaired) electrons. The van der Waals surface area contributed by atoms with Crippen LogP contribution in [0.2, 0.25) is 0 Å². The summed E-state index contributed by atoms with van der Waals surface area (Å²) < 4.78 is 31.6. The van der Waals surface area contributed by atoms with Gasteiger partial charge in [0.1, 0.15) is 0 Å². The Bertz CT molecular complexity index is 242. The lowest BCUT2D eigenvalue weighted by Gasteiger charge is -2.22. The highest BCUT2D eigenvalue weighted by Gasteiger charge is 2.28. The number of morpholine rings is 1. The van der Waals surface area contributed by atoms with Gasteiger partial charge in [-0.05, 0) is 0 Å². The summed E-state index contributed by atoms with van der Waals surface area (Å²) in [4.78, 5) is 0. The Morgan fingerprint density at radius 1 is 1.67 bits per heavy atom. The SMILES string of the molecule is C=COS(=O)(=O)C1CNCCO1. The Balaban J connectivity index is 2.60. The van der Waals surface area contributed by atoms with Gasteiger partial charge in [0.2, 0.25) is 5.44 Å². The minimum absolute atomic E-state index is 0.260. The number of hydrogen-bond acceptors (Lipinski definition) is 5. The molecular formula is C6H11NO4S. The van der Waals surface area contributed by atoms with E-state index in [4.69, 9.17) is 4.74 Å². The third-order valence-corrected chi connectivity index (χ3v) is 2.77. The molecule has 1 aliphatic heterocycles. The molecule has 0 bridgehead atoms. The van der Waals surface area contributed by atoms with Crippen LogP contribution in [0.25, 0.3) is 0 Å². The number of nitrogens with one attached hydrogen (secondary N) is 1. The van der Waals surface area contributed by atoms with E-state index in [1.807, 2.05) is 0 Å². The van der Waals surface area contributed by atoms with Crippen LogP contribution in [-0.4, -0.2) is 33.6 Å². The van der Waals surface area contributed by atoms with Gasteiger partial charge in [-0.2, -0.15) is 8.42 Å². The second kappa shape index (κ2) is 3.88. The van der Waals surface area contributed by atoms with Crippen molar-refractivity contribution in [3.8, 4) is 0 Å². The summed E-state index contributed by atoms with van der Waals surface area (Å²) in [5, 5.41) is 2.88. The van der Waals surface area contributed by atoms with Crippen molar-refractivity contribution in [1.82, 2.24) is 5.32 Å². The Morgan fingerprint density at radius 3 is 2.92 bits per heavy atom. The first kappa shape index (κ1) is 9.50. The van der Waals surface area contributed by atoms with Crippen molar-refractivity contribution in [2.75, 3.05) is 19.7 Å². The van der Waals surface area contributed by atoms with E-state index in [9.17, 15) is 8.42 Å². The van der Waals surface area contributed by atoms with Gasteiger partial charge in [-0.1, -0.05) is 6.58 Å². The van der Waals surface area contributed by atoms with E-state index in [2.05, 4.69) is 16.1 Å². The standard InChI is InChI=1S/C6H11NO4S/c1-2-11-12(8,9)6-5-7-3-4-10-6/h2,6-7H,1,3-5H2. The first-order valence-electron chi connectivity index (χ1n) is 3.52. The van der Waals surface area contributed by atoms with Gasteiger partial charge >= 0.3 is 10.1 Å². The molecular weight excluding hydrogens is 182 g/mol. The first-order valence-corrected chi connectivity index (χ1v) is 4.99. The summed E-state index contributed by atoms with van der Waals surface area (Å²) in [6.07, 6.45) is 0.882. The molecule has 1 heterocycles. The van der Waals surface area contributed by atoms with Gasteiger partial charge in [-0.3, -0.25) is 0 Å². The second-order valence-corrected chi connectivity index (χ2v) is 3.96. The van der Waals surface area contributed by atoms with Crippen molar-refractivity contribution in [1.29, 1.82) is 0 Å². The molecule has 12 heavy (non-hydrogen) atoms. The van der Waals surface area contributed by atoms with Gasteiger partial charge in [0.05, 0.1) is 12.9 Å². The Labute approximate surface area is 71.5 Å². The summed E-state index contributed by atoms with van der Waals surface area (Å²) in [5.41, 5.74) is -0.913. The van der Waals surface area contributed by atoms with Crippen molar-refractivity contribution < 1.29 is 17.3 Å². The Kier molecular flexibility index (Phi) is 3.07. The lowest BCUT2D eigenvalue weighted by Crippen LogP contribution is -2.43. The molecule has 70 valence electrons. The van der Waals surface area contributed by atoms with Crippen LogP contribution in [0.5, 0.6) is 0 Å². The number of hydrogen-bond donors (Lipinski definition) is 1. The summed E-state index contributed by atoms with van der Waals surface area (Å²) in [7, 11) is -3.64. The van der Waals surface area contributed by atoms with Crippen LogP contribution in [0.15, 0.2) is 12.8 Å². The van der Waals surface area contributed by atoms with Gasteiger partial charge in [0.25, 0.3) is 0 Å². The highest BCUT2D eigenvalue weighted by molar-refractivity contribution is 7.87. The highest BCUT2D eigenvalue weighted by atomic mass is 32.2. The van der Waals surface area contributed by atoms with Crippen molar-refractivity contribution in [3.05, 3.63) is 12.8 Å². The van der Waals surface area contributed by atoms with Gasteiger partial charge in [0, 0.05) is 13.1 Å². The molecule has 0 amide bonds. The van der Waals surface area contributed by atoms with Gasteiger partial charge in [-0.15, -0.1) is 0 Å². The Hall–Kier alpha value is -0.590. The zero-order valence-corrected chi connectivity index (χ0v) is 7.34. The zero-order valence-electron chi connectivity index (χ0n) is 6.52. The van der Waals surface area contributed by atoms with E-state index in [1.54, 1.807) is 0 Å². The predicted octanol–water partition coefficient (Wildman–Crippen LogP) is -0.578. The predicted molar refractivity (Wildman–Crippen MR) is 42.8 cm³/mol. The van der Waals surface area contributed by atoms with Crippen molar-refractivity contribution in [2.45, 2.75) is 5.44 Å². The fourth-order valence-electron chi connectivity index (χ4n) is 0.884. The lowest BCUT2D eigenvalue weighted by molar-refractivity contribution is 0.0723. The molecule has 0 spiro atoms. The van der Waals surface area contributed by atoms with E-state index in [1.165, 1.54) is 0 Å². The largest absolute Gasteiger partial charge is 0.389 e. The molecule has 1 fully saturated rings. The van der Waals surface area contributed by atoms with Crippen LogP contribution in [0.1, 0.15) is 0 Å². The van der Waals surface area contributed by atoms with Gasteiger partial charge in [0.15, 0.2) is 0 Å². The van der Waals surface area contributed by atoms with Crippen LogP contribution in [0.4, 0.5) is 0 Å². The maximum Gasteiger partial charge on any atom is 0.337 e. The van der Waals surface area contributed by atoms with Gasteiger partial charge < -0.3 is 14.2 Å². The van der Waals surface area contributed by atoms with Crippen LogP contribution >= 0.6 is 0 Å². The molecule has 6 heteroatoms. The van der Waals surface area contributed by atoms with Crippen molar-refractivity contribution in [2.24, 2.45) is 0 Å². The smallest absolute Gasteiger partial charge is 0.337 e. The number of ether oxygens (including phenoxy) is 1. The highest BCUT2D eigenvalue weighted by Crippen LogP contribution is 2.07. The first-order chi connectivity index (χ1) is 5.67. The monoisotopic (exact) mass is 193 g/mol. The molecule has 0 aromatic rings. The fraction of sp³-hybridized carbons (Fsp3) is 0.667. The lowest BCUT2D eigenvalue weighted by atomic mass is 10.5. The quantitative estimate of drug-likeness (QED) is 0.480. The van der Waals surface area contributed by atoms with Gasteiger partial charge in [-0.25, -0.2) is 0 Å². The molecule has 1 rings (SSSR count). The molecule has 1 aliphatic rings. The van der Waals surface area contributed by atoms with E-state index in [-0.39, 0.29) is 6.54 Å². The molecule has 1 N–H and O–H groups in total. The summed E-state index contributed by atoms with van der Waals surface area (Å²) in [5.74, 6) is 0. The maximum absolute atomic E-state index is 11.1. The molecule has 1 saturated heterocycles. The van der Waals surface area contributed by atoms with E-state index in [0.29, 0.717) is 13.2 Å². The average Bonchev–Trinajstić information content (AvgIpc) is 2.06. The third kappa shape index (κ3) is 2.20. The van der Waals surface area contributed by atoms with Crippen LogP contribution in [0.3, 0.4) is 0 Å². The summed E-state index contributed by atoms with van der Waals surface area (Å²) in [6.45, 7) is 4.47. The molecule has 0 aromatic heterocycles. The average molecular weight is 193 g/mol.